The van der Waals surface area contributed by atoms with Crippen molar-refractivity contribution in [1.82, 2.24) is 15.2 Å². The van der Waals surface area contributed by atoms with Gasteiger partial charge in [0.15, 0.2) is 28.1 Å². The molecule has 2 aromatic carbocycles. The van der Waals surface area contributed by atoms with Gasteiger partial charge < -0.3 is 18.9 Å². The number of nitrogens with one attached hydrogen (secondary N) is 2. The Hall–Kier alpha value is -4.05. The van der Waals surface area contributed by atoms with Gasteiger partial charge in [0.05, 0.1) is 23.1 Å². The Morgan fingerprint density at radius 1 is 1.03 bits per heavy atom. The number of nitrogens with zero attached hydrogens (tertiary/aromatic N) is 2. The molecule has 0 fully saturated rings. The fraction of sp³-hybridized carbons (Fsp3) is 0.208. The van der Waals surface area contributed by atoms with Gasteiger partial charge in [-0.25, -0.2) is 4.98 Å². The topological polar surface area (TPSA) is 108 Å². The number of hydrogen-bond acceptors (Lipinski definition) is 8. The summed E-state index contributed by atoms with van der Waals surface area (Å²) >= 11 is 1.45. The molecule has 2 aliphatic heterocycles. The number of aromatic amines is 1. The number of aromatic nitrogens is 3. The fourth-order valence-corrected chi connectivity index (χ4v) is 4.92. The van der Waals surface area contributed by atoms with Crippen molar-refractivity contribution in [3.8, 4) is 34.3 Å². The highest BCUT2D eigenvalue weighted by Crippen LogP contribution is 2.36. The van der Waals surface area contributed by atoms with Crippen molar-refractivity contribution >= 4 is 22.4 Å². The second-order valence-electron chi connectivity index (χ2n) is 7.86. The molecule has 4 heterocycles. The molecule has 4 aromatic rings. The predicted molar refractivity (Wildman–Crippen MR) is 125 cm³/mol. The predicted octanol–water partition coefficient (Wildman–Crippen LogP) is 4.18. The maximum Gasteiger partial charge on any atom is 0.261 e. The first-order chi connectivity index (χ1) is 16.6. The van der Waals surface area contributed by atoms with E-state index in [1.807, 2.05) is 43.3 Å². The maximum absolute atomic E-state index is 13.1. The van der Waals surface area contributed by atoms with Crippen LogP contribution in [-0.2, 0) is 6.42 Å². The molecule has 0 atom stereocenters. The number of carbonyl (C=O) groups excluding carboxylic acids is 1. The van der Waals surface area contributed by atoms with Crippen LogP contribution in [0.15, 0.2) is 42.6 Å². The summed E-state index contributed by atoms with van der Waals surface area (Å²) in [5.74, 6) is 2.55. The van der Waals surface area contributed by atoms with Crippen molar-refractivity contribution in [2.24, 2.45) is 0 Å². The second kappa shape index (κ2) is 8.38. The van der Waals surface area contributed by atoms with Gasteiger partial charge in [-0.2, -0.15) is 5.10 Å². The van der Waals surface area contributed by atoms with Gasteiger partial charge in [-0.05, 0) is 42.8 Å². The summed E-state index contributed by atoms with van der Waals surface area (Å²) in [6.45, 7) is 3.20. The van der Waals surface area contributed by atoms with E-state index in [-0.39, 0.29) is 12.7 Å². The number of amides is 1. The van der Waals surface area contributed by atoms with Crippen LogP contribution >= 0.6 is 11.3 Å². The molecule has 2 aromatic heterocycles. The first kappa shape index (κ1) is 20.5. The Morgan fingerprint density at radius 3 is 2.71 bits per heavy atom. The van der Waals surface area contributed by atoms with E-state index in [9.17, 15) is 4.79 Å². The number of ether oxygens (including phenoxy) is 4. The molecule has 0 saturated carbocycles. The molecule has 0 unspecified atom stereocenters. The number of H-pyrrole nitrogens is 1. The van der Waals surface area contributed by atoms with Crippen molar-refractivity contribution in [2.75, 3.05) is 25.3 Å². The van der Waals surface area contributed by atoms with Gasteiger partial charge in [0, 0.05) is 16.9 Å². The molecule has 2 aliphatic rings. The molecule has 172 valence electrons. The first-order valence-electron chi connectivity index (χ1n) is 10.7. The molecule has 0 radical (unpaired) electrons. The molecule has 2 N–H and O–H groups in total. The second-order valence-corrected chi connectivity index (χ2v) is 8.95. The third-order valence-corrected chi connectivity index (χ3v) is 6.70. The lowest BCUT2D eigenvalue weighted by molar-refractivity contribution is 0.102. The molecule has 0 spiro atoms. The summed E-state index contributed by atoms with van der Waals surface area (Å²) in [5, 5.41) is 10.5. The van der Waals surface area contributed by atoms with Crippen LogP contribution < -0.4 is 24.3 Å². The highest BCUT2D eigenvalue weighted by atomic mass is 32.1. The summed E-state index contributed by atoms with van der Waals surface area (Å²) in [7, 11) is 0. The van der Waals surface area contributed by atoms with Crippen LogP contribution in [-0.4, -0.2) is 41.1 Å². The third kappa shape index (κ3) is 3.81. The van der Waals surface area contributed by atoms with Crippen molar-refractivity contribution in [3.63, 3.8) is 0 Å². The van der Waals surface area contributed by atoms with Gasteiger partial charge in [0.1, 0.15) is 13.2 Å². The maximum atomic E-state index is 13.1. The minimum Gasteiger partial charge on any atom is -0.486 e. The molecule has 9 nitrogen and oxygen atoms in total. The van der Waals surface area contributed by atoms with Crippen LogP contribution in [0.2, 0.25) is 0 Å². The number of carbonyl (C=O) groups is 1. The van der Waals surface area contributed by atoms with Gasteiger partial charge in [-0.3, -0.25) is 15.2 Å². The van der Waals surface area contributed by atoms with E-state index in [2.05, 4.69) is 20.5 Å². The van der Waals surface area contributed by atoms with Gasteiger partial charge in [-0.15, -0.1) is 11.3 Å². The molecular weight excluding hydrogens is 456 g/mol. The standard InChI is InChI=1S/C24H20N4O5S/c1-13-21(9-14-2-4-18-19(8-14)33-12-32-18)34-24(26-13)27-23(29)16-11-25-28-22(16)15-3-5-17-20(10-15)31-7-6-30-17/h2-5,8,10-11H,6-7,9,12H2,1H3,(H,25,28)(H,26,27,29). The molecule has 10 heteroatoms. The van der Waals surface area contributed by atoms with E-state index in [0.717, 1.165) is 33.2 Å². The smallest absolute Gasteiger partial charge is 0.261 e. The van der Waals surface area contributed by atoms with Crippen molar-refractivity contribution in [2.45, 2.75) is 13.3 Å². The Morgan fingerprint density at radius 2 is 1.79 bits per heavy atom. The largest absolute Gasteiger partial charge is 0.486 e. The number of benzene rings is 2. The summed E-state index contributed by atoms with van der Waals surface area (Å²) in [6.07, 6.45) is 2.19. The molecule has 0 aliphatic carbocycles. The number of hydrogen-bond donors (Lipinski definition) is 2. The SMILES string of the molecule is Cc1nc(NC(=O)c2cn[nH]c2-c2ccc3c(c2)OCCO3)sc1Cc1ccc2c(c1)OCO2. The van der Waals surface area contributed by atoms with Gasteiger partial charge in [0.25, 0.3) is 5.91 Å². The van der Waals surface area contributed by atoms with Gasteiger partial charge in [0.2, 0.25) is 6.79 Å². The van der Waals surface area contributed by atoms with E-state index in [1.54, 1.807) is 0 Å². The molecule has 34 heavy (non-hydrogen) atoms. The molecular formula is C24H20N4O5S. The lowest BCUT2D eigenvalue weighted by Gasteiger charge is -2.18. The number of fused-ring (bicyclic) bond motifs is 2. The minimum atomic E-state index is -0.290. The Labute approximate surface area is 198 Å². The fourth-order valence-electron chi connectivity index (χ4n) is 3.92. The molecule has 0 saturated heterocycles. The van der Waals surface area contributed by atoms with Gasteiger partial charge in [-0.1, -0.05) is 6.07 Å². The Bertz CT molecular complexity index is 1400. The van der Waals surface area contributed by atoms with Crippen LogP contribution in [0.5, 0.6) is 23.0 Å². The number of thiazole rings is 1. The zero-order valence-corrected chi connectivity index (χ0v) is 19.0. The summed E-state index contributed by atoms with van der Waals surface area (Å²) in [6, 6.07) is 11.4. The van der Waals surface area contributed by atoms with Crippen LogP contribution in [0, 0.1) is 6.92 Å². The van der Waals surface area contributed by atoms with Crippen LogP contribution in [0.1, 0.15) is 26.5 Å². The molecule has 0 bridgehead atoms. The molecule has 6 rings (SSSR count). The lowest BCUT2D eigenvalue weighted by Crippen LogP contribution is -2.15. The number of aryl methyl sites for hydroxylation is 1. The highest BCUT2D eigenvalue weighted by molar-refractivity contribution is 7.15. The van der Waals surface area contributed by atoms with E-state index in [4.69, 9.17) is 18.9 Å². The van der Waals surface area contributed by atoms with Crippen molar-refractivity contribution in [3.05, 3.63) is 64.3 Å². The van der Waals surface area contributed by atoms with Crippen LogP contribution in [0.25, 0.3) is 11.3 Å². The summed E-state index contributed by atoms with van der Waals surface area (Å²) in [4.78, 5) is 18.7. The van der Waals surface area contributed by atoms with E-state index < -0.39 is 0 Å². The zero-order valence-electron chi connectivity index (χ0n) is 18.2. The normalized spacial score (nSPS) is 13.7. The Balaban J connectivity index is 1.20. The van der Waals surface area contributed by atoms with Gasteiger partial charge >= 0.3 is 0 Å². The first-order valence-corrected chi connectivity index (χ1v) is 11.6. The number of anilines is 1. The average Bonchev–Trinajstić information content (AvgIpc) is 3.59. The van der Waals surface area contributed by atoms with Crippen molar-refractivity contribution < 1.29 is 23.7 Å². The van der Waals surface area contributed by atoms with Crippen LogP contribution in [0.4, 0.5) is 5.13 Å². The van der Waals surface area contributed by atoms with Crippen molar-refractivity contribution in [1.29, 1.82) is 0 Å². The lowest BCUT2D eigenvalue weighted by atomic mass is 10.1. The summed E-state index contributed by atoms with van der Waals surface area (Å²) in [5.41, 5.74) is 3.76. The summed E-state index contributed by atoms with van der Waals surface area (Å²) < 4.78 is 22.1. The number of rotatable bonds is 5. The quantitative estimate of drug-likeness (QED) is 0.445. The van der Waals surface area contributed by atoms with E-state index in [1.165, 1.54) is 17.5 Å². The van der Waals surface area contributed by atoms with E-state index in [0.29, 0.717) is 47.5 Å². The Kier molecular flexibility index (Phi) is 5.06. The third-order valence-electron chi connectivity index (χ3n) is 5.63. The monoisotopic (exact) mass is 476 g/mol. The van der Waals surface area contributed by atoms with E-state index >= 15 is 0 Å². The van der Waals surface area contributed by atoms with Crippen LogP contribution in [0.3, 0.4) is 0 Å². The average molecular weight is 477 g/mol. The zero-order chi connectivity index (χ0) is 23.1. The minimum absolute atomic E-state index is 0.247. The highest BCUT2D eigenvalue weighted by Gasteiger charge is 2.20. The molecule has 1 amide bonds.